The number of nitrogens with zero attached hydrogens (tertiary/aromatic N) is 1. The average Bonchev–Trinajstić information content (AvgIpc) is 2.98. The van der Waals surface area contributed by atoms with E-state index in [9.17, 15) is 4.79 Å². The van der Waals surface area contributed by atoms with E-state index in [2.05, 4.69) is 15.5 Å². The highest BCUT2D eigenvalue weighted by Crippen LogP contribution is 2.18. The fraction of sp³-hybridized carbons (Fsp3) is 0.333. The zero-order chi connectivity index (χ0) is 14.2. The molecule has 1 amide bonds. The van der Waals surface area contributed by atoms with Crippen LogP contribution < -0.4 is 10.1 Å². The summed E-state index contributed by atoms with van der Waals surface area (Å²) < 4.78 is 5.26. The van der Waals surface area contributed by atoms with Gasteiger partial charge in [0.1, 0.15) is 5.75 Å². The summed E-state index contributed by atoms with van der Waals surface area (Å²) in [4.78, 5) is 11.8. The van der Waals surface area contributed by atoms with Gasteiger partial charge in [-0.1, -0.05) is 18.2 Å². The Bertz CT molecular complexity index is 538. The second kappa shape index (κ2) is 7.33. The molecule has 1 heterocycles. The number of aromatic nitrogens is 2. The molecule has 0 saturated heterocycles. The summed E-state index contributed by atoms with van der Waals surface area (Å²) in [6, 6.07) is 9.67. The predicted octanol–water partition coefficient (Wildman–Crippen LogP) is 1.71. The highest BCUT2D eigenvalue weighted by Gasteiger charge is 2.06. The topological polar surface area (TPSA) is 67.0 Å². The van der Waals surface area contributed by atoms with Crippen molar-refractivity contribution >= 4 is 5.91 Å². The van der Waals surface area contributed by atoms with E-state index in [-0.39, 0.29) is 5.91 Å². The summed E-state index contributed by atoms with van der Waals surface area (Å²) in [6.07, 6.45) is 3.61. The highest BCUT2D eigenvalue weighted by atomic mass is 16.5. The number of ether oxygens (including phenoxy) is 1. The molecule has 0 radical (unpaired) electrons. The second-order valence-corrected chi connectivity index (χ2v) is 4.49. The summed E-state index contributed by atoms with van der Waals surface area (Å²) >= 11 is 0. The molecule has 0 aliphatic rings. The van der Waals surface area contributed by atoms with Gasteiger partial charge >= 0.3 is 0 Å². The smallest absolute Gasteiger partial charge is 0.220 e. The Kier molecular flexibility index (Phi) is 5.17. The van der Waals surface area contributed by atoms with Crippen LogP contribution in [-0.4, -0.2) is 29.8 Å². The zero-order valence-corrected chi connectivity index (χ0v) is 11.6. The van der Waals surface area contributed by atoms with Gasteiger partial charge in [0.05, 0.1) is 7.11 Å². The molecule has 5 heteroatoms. The molecule has 2 aromatic rings. The van der Waals surface area contributed by atoms with Gasteiger partial charge in [-0.3, -0.25) is 9.89 Å². The van der Waals surface area contributed by atoms with Crippen molar-refractivity contribution in [3.05, 3.63) is 47.8 Å². The number of hydrogen-bond acceptors (Lipinski definition) is 3. The Morgan fingerprint density at radius 2 is 2.15 bits per heavy atom. The van der Waals surface area contributed by atoms with E-state index in [0.29, 0.717) is 19.4 Å². The van der Waals surface area contributed by atoms with Crippen molar-refractivity contribution in [2.45, 2.75) is 19.3 Å². The van der Waals surface area contributed by atoms with Crippen molar-refractivity contribution in [2.24, 2.45) is 0 Å². The van der Waals surface area contributed by atoms with Gasteiger partial charge in [0.25, 0.3) is 0 Å². The fourth-order valence-corrected chi connectivity index (χ4v) is 2.01. The van der Waals surface area contributed by atoms with Crippen LogP contribution in [-0.2, 0) is 17.6 Å². The minimum Gasteiger partial charge on any atom is -0.496 e. The first kappa shape index (κ1) is 14.1. The van der Waals surface area contributed by atoms with Gasteiger partial charge in [0.15, 0.2) is 0 Å². The van der Waals surface area contributed by atoms with Crippen LogP contribution in [0.25, 0.3) is 0 Å². The van der Waals surface area contributed by atoms with Gasteiger partial charge in [-0.15, -0.1) is 0 Å². The number of nitrogens with one attached hydrogen (secondary N) is 2. The third-order valence-corrected chi connectivity index (χ3v) is 3.09. The van der Waals surface area contributed by atoms with Crippen LogP contribution in [0, 0.1) is 0 Å². The standard InChI is InChI=1S/C15H19N3O2/c1-20-14-5-3-2-4-12(14)6-7-15(19)16-10-8-13-9-11-17-18-13/h2-5,9,11H,6-8,10H2,1H3,(H,16,19)(H,17,18). The van der Waals surface area contributed by atoms with Crippen LogP contribution in [0.15, 0.2) is 36.5 Å². The minimum atomic E-state index is 0.0513. The van der Waals surface area contributed by atoms with Crippen LogP contribution in [0.2, 0.25) is 0 Å². The SMILES string of the molecule is COc1ccccc1CCC(=O)NCCc1ccn[nH]1. The van der Waals surface area contributed by atoms with Gasteiger partial charge in [-0.2, -0.15) is 5.10 Å². The number of amides is 1. The lowest BCUT2D eigenvalue weighted by Gasteiger charge is -2.08. The summed E-state index contributed by atoms with van der Waals surface area (Å²) in [7, 11) is 1.64. The molecule has 0 spiro atoms. The van der Waals surface area contributed by atoms with Crippen LogP contribution in [0.1, 0.15) is 17.7 Å². The van der Waals surface area contributed by atoms with E-state index < -0.39 is 0 Å². The number of carbonyl (C=O) groups excluding carboxylic acids is 1. The molecule has 106 valence electrons. The van der Waals surface area contributed by atoms with Gasteiger partial charge in [0, 0.05) is 31.3 Å². The Hall–Kier alpha value is -2.30. The van der Waals surface area contributed by atoms with Gasteiger partial charge < -0.3 is 10.1 Å². The van der Waals surface area contributed by atoms with Crippen LogP contribution in [0.3, 0.4) is 0 Å². The summed E-state index contributed by atoms with van der Waals surface area (Å²) in [6.45, 7) is 0.618. The number of carbonyl (C=O) groups is 1. The molecule has 5 nitrogen and oxygen atoms in total. The maximum absolute atomic E-state index is 11.8. The molecular weight excluding hydrogens is 254 g/mol. The number of aryl methyl sites for hydroxylation is 1. The first-order valence-electron chi connectivity index (χ1n) is 6.66. The van der Waals surface area contributed by atoms with Gasteiger partial charge in [-0.05, 0) is 24.1 Å². The van der Waals surface area contributed by atoms with E-state index in [1.807, 2.05) is 30.3 Å². The van der Waals surface area contributed by atoms with E-state index in [1.165, 1.54) is 0 Å². The highest BCUT2D eigenvalue weighted by molar-refractivity contribution is 5.76. The third-order valence-electron chi connectivity index (χ3n) is 3.09. The first-order chi connectivity index (χ1) is 9.79. The Morgan fingerprint density at radius 1 is 1.30 bits per heavy atom. The van der Waals surface area contributed by atoms with Crippen molar-refractivity contribution in [1.29, 1.82) is 0 Å². The van der Waals surface area contributed by atoms with E-state index in [1.54, 1.807) is 13.3 Å². The summed E-state index contributed by atoms with van der Waals surface area (Å²) in [5.74, 6) is 0.883. The second-order valence-electron chi connectivity index (χ2n) is 4.49. The molecule has 0 atom stereocenters. The van der Waals surface area contributed by atoms with E-state index in [0.717, 1.165) is 23.4 Å². The van der Waals surface area contributed by atoms with Crippen LogP contribution in [0.4, 0.5) is 0 Å². The predicted molar refractivity (Wildman–Crippen MR) is 76.6 cm³/mol. The number of aromatic amines is 1. The molecule has 0 aliphatic heterocycles. The number of para-hydroxylation sites is 1. The molecule has 0 aliphatic carbocycles. The van der Waals surface area contributed by atoms with Crippen molar-refractivity contribution in [1.82, 2.24) is 15.5 Å². The van der Waals surface area contributed by atoms with Gasteiger partial charge in [0.2, 0.25) is 5.91 Å². The summed E-state index contributed by atoms with van der Waals surface area (Å²) in [5, 5.41) is 9.63. The molecular formula is C15H19N3O2. The lowest BCUT2D eigenvalue weighted by Crippen LogP contribution is -2.26. The van der Waals surface area contributed by atoms with Crippen molar-refractivity contribution < 1.29 is 9.53 Å². The van der Waals surface area contributed by atoms with E-state index >= 15 is 0 Å². The summed E-state index contributed by atoms with van der Waals surface area (Å²) in [5.41, 5.74) is 2.08. The largest absolute Gasteiger partial charge is 0.496 e. The average molecular weight is 273 g/mol. The van der Waals surface area contributed by atoms with Crippen LogP contribution in [0.5, 0.6) is 5.75 Å². The molecule has 1 aromatic heterocycles. The molecule has 0 fully saturated rings. The number of benzene rings is 1. The maximum atomic E-state index is 11.8. The van der Waals surface area contributed by atoms with Crippen molar-refractivity contribution in [2.75, 3.05) is 13.7 Å². The van der Waals surface area contributed by atoms with E-state index in [4.69, 9.17) is 4.74 Å². The first-order valence-corrected chi connectivity index (χ1v) is 6.66. The fourth-order valence-electron chi connectivity index (χ4n) is 2.01. The molecule has 0 unspecified atom stereocenters. The monoisotopic (exact) mass is 273 g/mol. The lowest BCUT2D eigenvalue weighted by atomic mass is 10.1. The lowest BCUT2D eigenvalue weighted by molar-refractivity contribution is -0.121. The van der Waals surface area contributed by atoms with Crippen molar-refractivity contribution in [3.8, 4) is 5.75 Å². The van der Waals surface area contributed by atoms with Gasteiger partial charge in [-0.25, -0.2) is 0 Å². The number of hydrogen-bond donors (Lipinski definition) is 2. The normalized spacial score (nSPS) is 10.2. The Balaban J connectivity index is 1.72. The quantitative estimate of drug-likeness (QED) is 0.807. The molecule has 0 bridgehead atoms. The van der Waals surface area contributed by atoms with Crippen LogP contribution >= 0.6 is 0 Å². The zero-order valence-electron chi connectivity index (χ0n) is 11.6. The molecule has 20 heavy (non-hydrogen) atoms. The maximum Gasteiger partial charge on any atom is 0.220 e. The Labute approximate surface area is 118 Å². The molecule has 2 rings (SSSR count). The molecule has 1 aromatic carbocycles. The number of H-pyrrole nitrogens is 1. The molecule has 0 saturated carbocycles. The van der Waals surface area contributed by atoms with Crippen molar-refractivity contribution in [3.63, 3.8) is 0 Å². The number of methoxy groups -OCH3 is 1. The molecule has 2 N–H and O–H groups in total. The third kappa shape index (κ3) is 4.12. The Morgan fingerprint density at radius 3 is 2.90 bits per heavy atom. The number of rotatable bonds is 7. The minimum absolute atomic E-state index is 0.0513.